The predicted molar refractivity (Wildman–Crippen MR) is 127 cm³/mol. The molecule has 0 spiro atoms. The highest BCUT2D eigenvalue weighted by Crippen LogP contribution is 2.29. The third kappa shape index (κ3) is 3.56. The summed E-state index contributed by atoms with van der Waals surface area (Å²) in [5.41, 5.74) is 10.9. The van der Waals surface area contributed by atoms with Gasteiger partial charge in [-0.2, -0.15) is 4.98 Å². The van der Waals surface area contributed by atoms with Crippen LogP contribution in [0.4, 0.5) is 5.95 Å². The Labute approximate surface area is 189 Å². The molecular weight excluding hydrogens is 424 g/mol. The first-order chi connectivity index (χ1) is 15.4. The third-order valence-corrected chi connectivity index (χ3v) is 5.89. The Kier molecular flexibility index (Phi) is 4.83. The highest BCUT2D eigenvalue weighted by atomic mass is 35.5. The zero-order valence-corrected chi connectivity index (χ0v) is 18.3. The largest absolute Gasteiger partial charge is 0.366 e. The van der Waals surface area contributed by atoms with E-state index in [4.69, 9.17) is 17.3 Å². The topological polar surface area (TPSA) is 90.2 Å². The third-order valence-electron chi connectivity index (χ3n) is 5.64. The Hall–Kier alpha value is -3.84. The molecule has 3 heterocycles. The van der Waals surface area contributed by atoms with Gasteiger partial charge in [0.25, 0.3) is 5.91 Å². The molecule has 3 aromatic heterocycles. The number of carbonyl (C=O) groups excluding carboxylic acids is 1. The van der Waals surface area contributed by atoms with Gasteiger partial charge in [-0.1, -0.05) is 29.8 Å². The summed E-state index contributed by atoms with van der Waals surface area (Å²) >= 11 is 5.98. The molecule has 0 aliphatic rings. The Morgan fingerprint density at radius 1 is 1.09 bits per heavy atom. The first-order valence-corrected chi connectivity index (χ1v) is 10.5. The standard InChI is InChI=1S/C24H21ClN6O/c1-14(15-3-6-18(25)7-4-15)27-23(32)20-13-30(2)21-8-5-16(11-19(20)21)17-9-10-31-22(12-17)28-24(26)29-31/h3-14H,1-2H3,(H2,26,29)(H,27,32)/t14-/m0/s1. The molecule has 0 aliphatic carbocycles. The summed E-state index contributed by atoms with van der Waals surface area (Å²) in [7, 11) is 1.94. The Balaban J connectivity index is 1.50. The maximum atomic E-state index is 13.2. The van der Waals surface area contributed by atoms with Crippen molar-refractivity contribution < 1.29 is 4.79 Å². The van der Waals surface area contributed by atoms with Gasteiger partial charge in [-0.05, 0) is 60.0 Å². The average Bonchev–Trinajstić information content (AvgIpc) is 3.32. The number of rotatable bonds is 4. The number of aromatic nitrogens is 4. The van der Waals surface area contributed by atoms with Gasteiger partial charge in [-0.15, -0.1) is 5.10 Å². The molecule has 0 fully saturated rings. The van der Waals surface area contributed by atoms with E-state index in [1.165, 1.54) is 0 Å². The van der Waals surface area contributed by atoms with E-state index >= 15 is 0 Å². The number of carbonyl (C=O) groups is 1. The van der Waals surface area contributed by atoms with Gasteiger partial charge in [-0.3, -0.25) is 4.79 Å². The second-order valence-corrected chi connectivity index (χ2v) is 8.26. The molecule has 1 amide bonds. The van der Waals surface area contributed by atoms with Crippen molar-refractivity contribution in [2.45, 2.75) is 13.0 Å². The lowest BCUT2D eigenvalue weighted by atomic mass is 10.0. The molecule has 5 rings (SSSR count). The minimum atomic E-state index is -0.154. The van der Waals surface area contributed by atoms with Gasteiger partial charge >= 0.3 is 0 Å². The number of nitrogen functional groups attached to an aromatic ring is 1. The zero-order chi connectivity index (χ0) is 22.4. The van der Waals surface area contributed by atoms with E-state index in [1.54, 1.807) is 4.52 Å². The number of nitrogens with zero attached hydrogens (tertiary/aromatic N) is 4. The van der Waals surface area contributed by atoms with Crippen LogP contribution in [0.5, 0.6) is 0 Å². The van der Waals surface area contributed by atoms with Crippen molar-refractivity contribution in [3.63, 3.8) is 0 Å². The number of fused-ring (bicyclic) bond motifs is 2. The molecule has 0 aliphatic heterocycles. The van der Waals surface area contributed by atoms with Crippen molar-refractivity contribution in [2.75, 3.05) is 5.73 Å². The van der Waals surface area contributed by atoms with Crippen molar-refractivity contribution >= 4 is 40.0 Å². The van der Waals surface area contributed by atoms with Gasteiger partial charge in [0.05, 0.1) is 11.6 Å². The number of pyridine rings is 1. The highest BCUT2D eigenvalue weighted by Gasteiger charge is 2.17. The molecule has 7 nitrogen and oxygen atoms in total. The van der Waals surface area contributed by atoms with Gasteiger partial charge in [0, 0.05) is 35.4 Å². The van der Waals surface area contributed by atoms with E-state index < -0.39 is 0 Å². The summed E-state index contributed by atoms with van der Waals surface area (Å²) < 4.78 is 3.60. The van der Waals surface area contributed by atoms with Crippen molar-refractivity contribution in [1.82, 2.24) is 24.5 Å². The molecule has 8 heteroatoms. The Bertz CT molecular complexity index is 1470. The van der Waals surface area contributed by atoms with Gasteiger partial charge < -0.3 is 15.6 Å². The van der Waals surface area contributed by atoms with Crippen LogP contribution in [0.1, 0.15) is 28.9 Å². The fourth-order valence-corrected chi connectivity index (χ4v) is 4.07. The van der Waals surface area contributed by atoms with Gasteiger partial charge in [0.15, 0.2) is 5.65 Å². The fourth-order valence-electron chi connectivity index (χ4n) is 3.94. The number of aryl methyl sites for hydroxylation is 1. The Morgan fingerprint density at radius 3 is 2.62 bits per heavy atom. The Morgan fingerprint density at radius 2 is 1.84 bits per heavy atom. The van der Waals surface area contributed by atoms with Crippen molar-refractivity contribution in [1.29, 1.82) is 0 Å². The number of benzene rings is 2. The number of anilines is 1. The van der Waals surface area contributed by atoms with E-state index in [1.807, 2.05) is 85.5 Å². The molecule has 5 aromatic rings. The van der Waals surface area contributed by atoms with Crippen LogP contribution >= 0.6 is 11.6 Å². The molecule has 0 saturated carbocycles. The van der Waals surface area contributed by atoms with E-state index in [-0.39, 0.29) is 17.9 Å². The lowest BCUT2D eigenvalue weighted by molar-refractivity contribution is 0.0941. The molecule has 0 radical (unpaired) electrons. The summed E-state index contributed by atoms with van der Waals surface area (Å²) in [4.78, 5) is 17.4. The fraction of sp³-hybridized carbons (Fsp3) is 0.125. The minimum absolute atomic E-state index is 0.129. The van der Waals surface area contributed by atoms with Gasteiger partial charge in [-0.25, -0.2) is 4.52 Å². The molecule has 0 bridgehead atoms. The van der Waals surface area contributed by atoms with E-state index in [2.05, 4.69) is 15.4 Å². The van der Waals surface area contributed by atoms with Crippen LogP contribution in [0.3, 0.4) is 0 Å². The number of nitrogens with one attached hydrogen (secondary N) is 1. The number of hydrogen-bond donors (Lipinski definition) is 2. The number of amides is 1. The van der Waals surface area contributed by atoms with Crippen LogP contribution in [-0.4, -0.2) is 25.1 Å². The summed E-state index contributed by atoms with van der Waals surface area (Å²) in [5.74, 6) is 0.102. The molecule has 0 saturated heterocycles. The van der Waals surface area contributed by atoms with Crippen molar-refractivity contribution in [3.8, 4) is 11.1 Å². The lowest BCUT2D eigenvalue weighted by Crippen LogP contribution is -2.26. The second-order valence-electron chi connectivity index (χ2n) is 7.82. The van der Waals surface area contributed by atoms with Crippen LogP contribution in [0, 0.1) is 0 Å². The van der Waals surface area contributed by atoms with E-state index in [0.29, 0.717) is 16.2 Å². The molecule has 3 N–H and O–H groups in total. The van der Waals surface area contributed by atoms with Crippen LogP contribution < -0.4 is 11.1 Å². The molecule has 0 unspecified atom stereocenters. The first kappa shape index (κ1) is 20.1. The van der Waals surface area contributed by atoms with Gasteiger partial charge in [0.2, 0.25) is 5.95 Å². The second kappa shape index (κ2) is 7.69. The maximum absolute atomic E-state index is 13.2. The van der Waals surface area contributed by atoms with Gasteiger partial charge in [0.1, 0.15) is 0 Å². The first-order valence-electron chi connectivity index (χ1n) is 10.2. The smallest absolute Gasteiger partial charge is 0.253 e. The highest BCUT2D eigenvalue weighted by molar-refractivity contribution is 6.30. The number of halogens is 1. The normalized spacial score (nSPS) is 12.3. The minimum Gasteiger partial charge on any atom is -0.366 e. The monoisotopic (exact) mass is 444 g/mol. The van der Waals surface area contributed by atoms with Crippen LogP contribution in [-0.2, 0) is 7.05 Å². The zero-order valence-electron chi connectivity index (χ0n) is 17.6. The summed E-state index contributed by atoms with van der Waals surface area (Å²) in [6.07, 6.45) is 3.69. The number of hydrogen-bond acceptors (Lipinski definition) is 4. The number of nitrogens with two attached hydrogens (primary N) is 1. The van der Waals surface area contributed by atoms with Crippen molar-refractivity contribution in [3.05, 3.63) is 83.1 Å². The van der Waals surface area contributed by atoms with Crippen molar-refractivity contribution in [2.24, 2.45) is 7.05 Å². The lowest BCUT2D eigenvalue weighted by Gasteiger charge is -2.14. The maximum Gasteiger partial charge on any atom is 0.253 e. The predicted octanol–water partition coefficient (Wildman–Crippen LogP) is 4.61. The molecule has 160 valence electrons. The van der Waals surface area contributed by atoms with E-state index in [9.17, 15) is 4.79 Å². The summed E-state index contributed by atoms with van der Waals surface area (Å²) in [5, 5.41) is 8.76. The van der Waals surface area contributed by atoms with E-state index in [0.717, 1.165) is 27.6 Å². The summed E-state index contributed by atoms with van der Waals surface area (Å²) in [6, 6.07) is 17.3. The molecule has 32 heavy (non-hydrogen) atoms. The molecular formula is C24H21ClN6O. The SMILES string of the molecule is C[C@H](NC(=O)c1cn(C)c2ccc(-c3ccn4nc(N)nc4c3)cc12)c1ccc(Cl)cc1. The molecule has 2 aromatic carbocycles. The quantitative estimate of drug-likeness (QED) is 0.423. The van der Waals surface area contributed by atoms with Crippen LogP contribution in [0.15, 0.2) is 67.0 Å². The van der Waals surface area contributed by atoms with Crippen LogP contribution in [0.2, 0.25) is 5.02 Å². The average molecular weight is 445 g/mol. The van der Waals surface area contributed by atoms with Crippen LogP contribution in [0.25, 0.3) is 27.7 Å². The summed E-state index contributed by atoms with van der Waals surface area (Å²) in [6.45, 7) is 1.96. The molecule has 1 atom stereocenters.